The van der Waals surface area contributed by atoms with E-state index in [2.05, 4.69) is 5.32 Å². The highest BCUT2D eigenvalue weighted by Gasteiger charge is 2.48. The largest absolute Gasteiger partial charge is 0.316 e. The summed E-state index contributed by atoms with van der Waals surface area (Å²) in [6, 6.07) is 9.65. The van der Waals surface area contributed by atoms with Crippen LogP contribution in [0.15, 0.2) is 30.3 Å². The number of likely N-dealkylation sites (tertiary alicyclic amines) is 1. The van der Waals surface area contributed by atoms with Crippen molar-refractivity contribution >= 4 is 11.8 Å². The summed E-state index contributed by atoms with van der Waals surface area (Å²) < 4.78 is 0. The van der Waals surface area contributed by atoms with E-state index in [1.807, 2.05) is 37.3 Å². The van der Waals surface area contributed by atoms with Gasteiger partial charge in [0, 0.05) is 13.0 Å². The lowest BCUT2D eigenvalue weighted by Crippen LogP contribution is -2.37. The SMILES string of the molecule is CC1(c2ccccc2)CC(=O)N(CCC2CCNC2)C1=O. The van der Waals surface area contributed by atoms with Crippen molar-refractivity contribution in [2.24, 2.45) is 5.92 Å². The molecule has 21 heavy (non-hydrogen) atoms. The number of carbonyl (C=O) groups excluding carboxylic acids is 2. The molecule has 2 saturated heterocycles. The van der Waals surface area contributed by atoms with Gasteiger partial charge in [0.2, 0.25) is 11.8 Å². The molecule has 4 nitrogen and oxygen atoms in total. The van der Waals surface area contributed by atoms with E-state index in [0.29, 0.717) is 18.9 Å². The number of nitrogens with one attached hydrogen (secondary N) is 1. The molecule has 0 radical (unpaired) electrons. The van der Waals surface area contributed by atoms with Crippen LogP contribution < -0.4 is 5.32 Å². The summed E-state index contributed by atoms with van der Waals surface area (Å²) in [7, 11) is 0. The Balaban J connectivity index is 1.72. The number of imide groups is 1. The molecule has 0 saturated carbocycles. The Kier molecular flexibility index (Phi) is 3.81. The van der Waals surface area contributed by atoms with Crippen LogP contribution in [0.2, 0.25) is 0 Å². The average molecular weight is 286 g/mol. The summed E-state index contributed by atoms with van der Waals surface area (Å²) in [4.78, 5) is 26.5. The molecule has 0 aliphatic carbocycles. The van der Waals surface area contributed by atoms with Crippen LogP contribution in [-0.4, -0.2) is 36.3 Å². The van der Waals surface area contributed by atoms with E-state index in [1.165, 1.54) is 4.90 Å². The number of benzene rings is 1. The smallest absolute Gasteiger partial charge is 0.240 e. The van der Waals surface area contributed by atoms with Crippen molar-refractivity contribution in [1.82, 2.24) is 10.2 Å². The fraction of sp³-hybridized carbons (Fsp3) is 0.529. The van der Waals surface area contributed by atoms with Crippen LogP contribution >= 0.6 is 0 Å². The first-order valence-corrected chi connectivity index (χ1v) is 7.72. The summed E-state index contributed by atoms with van der Waals surface area (Å²) in [5.41, 5.74) is 0.250. The Morgan fingerprint density at radius 1 is 1.29 bits per heavy atom. The van der Waals surface area contributed by atoms with Crippen molar-refractivity contribution in [1.29, 1.82) is 0 Å². The molecule has 2 amide bonds. The third-order valence-electron chi connectivity index (χ3n) is 4.86. The van der Waals surface area contributed by atoms with E-state index in [-0.39, 0.29) is 11.8 Å². The van der Waals surface area contributed by atoms with Gasteiger partial charge in [-0.05, 0) is 44.3 Å². The molecule has 0 aromatic heterocycles. The molecule has 1 N–H and O–H groups in total. The van der Waals surface area contributed by atoms with Gasteiger partial charge in [-0.1, -0.05) is 30.3 Å². The molecule has 4 heteroatoms. The van der Waals surface area contributed by atoms with E-state index in [4.69, 9.17) is 0 Å². The van der Waals surface area contributed by atoms with E-state index in [0.717, 1.165) is 31.5 Å². The maximum Gasteiger partial charge on any atom is 0.240 e. The molecule has 2 unspecified atom stereocenters. The van der Waals surface area contributed by atoms with Gasteiger partial charge in [-0.2, -0.15) is 0 Å². The normalized spacial score (nSPS) is 29.4. The highest BCUT2D eigenvalue weighted by atomic mass is 16.2. The Morgan fingerprint density at radius 2 is 2.05 bits per heavy atom. The summed E-state index contributed by atoms with van der Waals surface area (Å²) in [5.74, 6) is 0.524. The van der Waals surface area contributed by atoms with Crippen LogP contribution in [-0.2, 0) is 15.0 Å². The lowest BCUT2D eigenvalue weighted by Gasteiger charge is -2.23. The zero-order valence-corrected chi connectivity index (χ0v) is 12.5. The standard InChI is InChI=1S/C17H22N2O2/c1-17(14-5-3-2-4-6-14)11-15(20)19(16(17)21)10-8-13-7-9-18-12-13/h2-6,13,18H,7-12H2,1H3. The first kappa shape index (κ1) is 14.3. The fourth-order valence-corrected chi connectivity index (χ4v) is 3.41. The van der Waals surface area contributed by atoms with Crippen molar-refractivity contribution < 1.29 is 9.59 Å². The number of hydrogen-bond donors (Lipinski definition) is 1. The molecule has 3 rings (SSSR count). The molecular formula is C17H22N2O2. The third-order valence-corrected chi connectivity index (χ3v) is 4.86. The second kappa shape index (κ2) is 5.60. The van der Waals surface area contributed by atoms with Crippen LogP contribution in [0.4, 0.5) is 0 Å². The van der Waals surface area contributed by atoms with Gasteiger partial charge in [-0.15, -0.1) is 0 Å². The summed E-state index contributed by atoms with van der Waals surface area (Å²) >= 11 is 0. The molecule has 2 fully saturated rings. The third kappa shape index (κ3) is 2.60. The highest BCUT2D eigenvalue weighted by molar-refractivity contribution is 6.08. The zero-order chi connectivity index (χ0) is 14.9. The van der Waals surface area contributed by atoms with Gasteiger partial charge in [0.1, 0.15) is 0 Å². The molecule has 1 aromatic rings. The van der Waals surface area contributed by atoms with Crippen molar-refractivity contribution in [3.8, 4) is 0 Å². The number of hydrogen-bond acceptors (Lipinski definition) is 3. The van der Waals surface area contributed by atoms with Crippen LogP contribution in [0.3, 0.4) is 0 Å². The predicted octanol–water partition coefficient (Wildman–Crippen LogP) is 1.70. The van der Waals surface area contributed by atoms with Crippen molar-refractivity contribution in [2.45, 2.75) is 31.6 Å². The first-order chi connectivity index (χ1) is 10.1. The lowest BCUT2D eigenvalue weighted by atomic mass is 9.81. The minimum Gasteiger partial charge on any atom is -0.316 e. The molecule has 1 aromatic carbocycles. The number of nitrogens with zero attached hydrogens (tertiary/aromatic N) is 1. The van der Waals surface area contributed by atoms with Crippen LogP contribution in [0.1, 0.15) is 31.7 Å². The molecule has 2 atom stereocenters. The zero-order valence-electron chi connectivity index (χ0n) is 12.5. The van der Waals surface area contributed by atoms with Crippen molar-refractivity contribution in [2.75, 3.05) is 19.6 Å². The van der Waals surface area contributed by atoms with Crippen LogP contribution in [0.25, 0.3) is 0 Å². The Morgan fingerprint density at radius 3 is 2.71 bits per heavy atom. The van der Waals surface area contributed by atoms with E-state index < -0.39 is 5.41 Å². The number of rotatable bonds is 4. The fourth-order valence-electron chi connectivity index (χ4n) is 3.41. The van der Waals surface area contributed by atoms with Crippen molar-refractivity contribution in [3.63, 3.8) is 0 Å². The van der Waals surface area contributed by atoms with Gasteiger partial charge >= 0.3 is 0 Å². The van der Waals surface area contributed by atoms with Gasteiger partial charge in [-0.3, -0.25) is 14.5 Å². The van der Waals surface area contributed by atoms with Gasteiger partial charge in [-0.25, -0.2) is 0 Å². The molecule has 0 spiro atoms. The Hall–Kier alpha value is -1.68. The average Bonchev–Trinajstić information content (AvgIpc) is 3.07. The monoisotopic (exact) mass is 286 g/mol. The van der Waals surface area contributed by atoms with Gasteiger partial charge in [0.15, 0.2) is 0 Å². The van der Waals surface area contributed by atoms with Gasteiger partial charge in [0.25, 0.3) is 0 Å². The quantitative estimate of drug-likeness (QED) is 0.857. The maximum atomic E-state index is 12.7. The minimum absolute atomic E-state index is 0.0303. The first-order valence-electron chi connectivity index (χ1n) is 7.72. The van der Waals surface area contributed by atoms with Crippen LogP contribution in [0.5, 0.6) is 0 Å². The molecular weight excluding hydrogens is 264 g/mol. The highest BCUT2D eigenvalue weighted by Crippen LogP contribution is 2.36. The van der Waals surface area contributed by atoms with Crippen LogP contribution in [0, 0.1) is 5.92 Å². The molecule has 112 valence electrons. The van der Waals surface area contributed by atoms with Gasteiger partial charge < -0.3 is 5.32 Å². The summed E-state index contributed by atoms with van der Waals surface area (Å²) in [6.45, 7) is 4.51. The van der Waals surface area contributed by atoms with E-state index in [1.54, 1.807) is 0 Å². The predicted molar refractivity (Wildman–Crippen MR) is 80.7 cm³/mol. The van der Waals surface area contributed by atoms with Gasteiger partial charge in [0.05, 0.1) is 5.41 Å². The second-order valence-corrected chi connectivity index (χ2v) is 6.37. The molecule has 2 aliphatic rings. The van der Waals surface area contributed by atoms with E-state index in [9.17, 15) is 9.59 Å². The topological polar surface area (TPSA) is 49.4 Å². The second-order valence-electron chi connectivity index (χ2n) is 6.37. The molecule has 2 heterocycles. The summed E-state index contributed by atoms with van der Waals surface area (Å²) in [5, 5.41) is 3.32. The molecule has 0 bridgehead atoms. The number of carbonyl (C=O) groups is 2. The Labute approximate surface area is 125 Å². The maximum absolute atomic E-state index is 12.7. The Bertz CT molecular complexity index is 537. The molecule has 2 aliphatic heterocycles. The minimum atomic E-state index is -0.688. The van der Waals surface area contributed by atoms with E-state index >= 15 is 0 Å². The summed E-state index contributed by atoms with van der Waals surface area (Å²) in [6.07, 6.45) is 2.35. The number of amides is 2. The lowest BCUT2D eigenvalue weighted by molar-refractivity contribution is -0.139. The van der Waals surface area contributed by atoms with Crippen molar-refractivity contribution in [3.05, 3.63) is 35.9 Å².